The number of aromatic hydroxyl groups is 4. The van der Waals surface area contributed by atoms with E-state index >= 15 is 0 Å². The smallest absolute Gasteiger partial charge is 0.411 e. The number of amides is 2. The van der Waals surface area contributed by atoms with Crippen LogP contribution in [-0.2, 0) is 10.8 Å². The predicted octanol–water partition coefficient (Wildman–Crippen LogP) is 11.3. The summed E-state index contributed by atoms with van der Waals surface area (Å²) >= 11 is 0. The third-order valence-electron chi connectivity index (χ3n) is 10.7. The van der Waals surface area contributed by atoms with Gasteiger partial charge in [0.25, 0.3) is 11.8 Å². The Morgan fingerprint density at radius 1 is 0.441 bits per heavy atom. The monoisotopic (exact) mass is 968 g/mol. The lowest BCUT2D eigenvalue weighted by Crippen LogP contribution is -2.54. The van der Waals surface area contributed by atoms with Crippen molar-refractivity contribution in [3.05, 3.63) is 155 Å². The molecule has 0 aromatic heterocycles. The number of nitrogens with one attached hydrogen (secondary N) is 3. The van der Waals surface area contributed by atoms with Gasteiger partial charge in [-0.1, -0.05) is 24.3 Å². The highest BCUT2D eigenvalue weighted by atomic mass is 19.4. The summed E-state index contributed by atoms with van der Waals surface area (Å²) in [5, 5.41) is 46.9. The first-order chi connectivity index (χ1) is 31.6. The van der Waals surface area contributed by atoms with Crippen LogP contribution in [0.25, 0.3) is 0 Å². The number of halogens is 12. The lowest BCUT2D eigenvalue weighted by molar-refractivity contribution is -0.290. The first kappa shape index (κ1) is 49.5. The summed E-state index contributed by atoms with van der Waals surface area (Å²) < 4.78 is 182. The maximum Gasteiger partial charge on any atom is 0.411 e. The molecule has 0 radical (unpaired) electrons. The van der Waals surface area contributed by atoms with Crippen LogP contribution in [0.2, 0.25) is 0 Å². The Hall–Kier alpha value is -7.98. The van der Waals surface area contributed by atoms with Crippen LogP contribution in [0.1, 0.15) is 43.0 Å². The van der Waals surface area contributed by atoms with Crippen molar-refractivity contribution in [1.29, 1.82) is 0 Å². The molecule has 0 aliphatic carbocycles. The van der Waals surface area contributed by atoms with Crippen LogP contribution in [0, 0.1) is 0 Å². The fraction of sp³-hybridized carbons (Fsp3) is 0.156. The van der Waals surface area contributed by atoms with Gasteiger partial charge in [-0.25, -0.2) is 0 Å². The zero-order valence-electron chi connectivity index (χ0n) is 34.2. The minimum Gasteiger partial charge on any atom is -0.506 e. The Bertz CT molecular complexity index is 2840. The topological polar surface area (TPSA) is 186 Å². The molecular weight excluding hydrogens is 936 g/mol. The number of benzene rings is 6. The molecule has 11 nitrogen and oxygen atoms in total. The van der Waals surface area contributed by atoms with Crippen molar-refractivity contribution >= 4 is 34.6 Å². The van der Waals surface area contributed by atoms with Crippen LogP contribution in [0.3, 0.4) is 0 Å². The summed E-state index contributed by atoms with van der Waals surface area (Å²) in [7, 11) is 1.16. The minimum absolute atomic E-state index is 0.0203. The number of nitrogen functional groups attached to an aromatic ring is 1. The van der Waals surface area contributed by atoms with Gasteiger partial charge in [0.15, 0.2) is 0 Å². The second-order valence-corrected chi connectivity index (χ2v) is 14.8. The van der Waals surface area contributed by atoms with Gasteiger partial charge in [-0.05, 0) is 119 Å². The largest absolute Gasteiger partial charge is 0.506 e. The second kappa shape index (κ2) is 17.7. The Kier molecular flexibility index (Phi) is 12.9. The van der Waals surface area contributed by atoms with Gasteiger partial charge in [0.1, 0.15) is 34.5 Å². The molecule has 9 N–H and O–H groups in total. The van der Waals surface area contributed by atoms with Gasteiger partial charge in [-0.15, -0.1) is 0 Å². The zero-order chi connectivity index (χ0) is 50.4. The highest BCUT2D eigenvalue weighted by Crippen LogP contribution is 2.59. The van der Waals surface area contributed by atoms with Gasteiger partial charge in [0.05, 0.1) is 22.7 Å². The van der Waals surface area contributed by atoms with E-state index in [9.17, 15) is 82.7 Å². The number of phenolic OH excluding ortho intramolecular Hbond substituents is 4. The standard InChI is InChI=1S/C45H32F12N4O7/c1-59-31-19-25(7-15-35(31)63)41(44(52,53)54,45(55,56)57)27-9-17-37(65)33(21-27)61-39(67)23-4-12-29(13-5-23)68-28-10-2-22(3-11-28)38(66)60-32-20-26(8-16-36(32)64)40(42(46,47)48,43(49,50)51)24-6-14-34(62)30(58)18-24/h2-21,59,62-65H,58H2,1H3,(H,60,66)(H,61,67). The lowest BCUT2D eigenvalue weighted by atomic mass is 9.72. The number of phenols is 4. The number of hydrogen-bond acceptors (Lipinski definition) is 9. The summed E-state index contributed by atoms with van der Waals surface area (Å²) in [5.41, 5.74) is -13.1. The van der Waals surface area contributed by atoms with Crippen molar-refractivity contribution in [2.45, 2.75) is 35.5 Å². The second-order valence-electron chi connectivity index (χ2n) is 14.8. The van der Waals surface area contributed by atoms with Gasteiger partial charge in [0, 0.05) is 18.2 Å². The molecular formula is C45H32F12N4O7. The molecule has 0 aliphatic rings. The van der Waals surface area contributed by atoms with Gasteiger partial charge >= 0.3 is 24.7 Å². The average Bonchev–Trinajstić information content (AvgIpc) is 3.23. The number of ether oxygens (including phenoxy) is 1. The number of nitrogens with two attached hydrogens (primary N) is 1. The minimum atomic E-state index is -6.08. The van der Waals surface area contributed by atoms with E-state index in [0.717, 1.165) is 31.3 Å². The maximum atomic E-state index is 14.8. The quantitative estimate of drug-likeness (QED) is 0.0355. The van der Waals surface area contributed by atoms with Crippen molar-refractivity contribution < 1.29 is 87.4 Å². The normalized spacial score (nSPS) is 12.6. The molecule has 6 aromatic rings. The Balaban J connectivity index is 1.19. The fourth-order valence-electron chi connectivity index (χ4n) is 7.33. The van der Waals surface area contributed by atoms with Crippen molar-refractivity contribution in [2.24, 2.45) is 0 Å². The Morgan fingerprint density at radius 2 is 0.735 bits per heavy atom. The Morgan fingerprint density at radius 3 is 1.04 bits per heavy atom. The van der Waals surface area contributed by atoms with E-state index in [2.05, 4.69) is 16.0 Å². The van der Waals surface area contributed by atoms with Crippen molar-refractivity contribution in [3.8, 4) is 34.5 Å². The maximum absolute atomic E-state index is 14.8. The van der Waals surface area contributed by atoms with Crippen LogP contribution in [0.4, 0.5) is 75.4 Å². The molecule has 2 amide bonds. The third kappa shape index (κ3) is 8.85. The fourth-order valence-corrected chi connectivity index (χ4v) is 7.33. The van der Waals surface area contributed by atoms with E-state index < -0.39 is 115 Å². The third-order valence-corrected chi connectivity index (χ3v) is 10.7. The summed E-state index contributed by atoms with van der Waals surface area (Å²) in [6.45, 7) is 0. The lowest BCUT2D eigenvalue weighted by Gasteiger charge is -2.38. The molecule has 0 saturated carbocycles. The number of hydrogen-bond donors (Lipinski definition) is 8. The molecule has 358 valence electrons. The number of carbonyl (C=O) groups is 2. The predicted molar refractivity (Wildman–Crippen MR) is 221 cm³/mol. The molecule has 0 bridgehead atoms. The summed E-state index contributed by atoms with van der Waals surface area (Å²) in [6.07, 6.45) is -24.3. The highest BCUT2D eigenvalue weighted by Gasteiger charge is 2.74. The van der Waals surface area contributed by atoms with Gasteiger partial charge < -0.3 is 46.8 Å². The Labute approximate surface area is 375 Å². The van der Waals surface area contributed by atoms with Crippen LogP contribution in [-0.4, -0.2) is 64.0 Å². The molecule has 0 atom stereocenters. The molecule has 0 unspecified atom stereocenters. The zero-order valence-corrected chi connectivity index (χ0v) is 34.2. The van der Waals surface area contributed by atoms with Gasteiger partial charge in [0.2, 0.25) is 10.8 Å². The summed E-state index contributed by atoms with van der Waals surface area (Å²) in [5.74, 6) is -5.41. The van der Waals surface area contributed by atoms with Crippen molar-refractivity contribution in [2.75, 3.05) is 28.7 Å². The first-order valence-electron chi connectivity index (χ1n) is 19.1. The molecule has 6 aromatic carbocycles. The van der Waals surface area contributed by atoms with Gasteiger partial charge in [-0.2, -0.15) is 52.7 Å². The van der Waals surface area contributed by atoms with Crippen LogP contribution < -0.4 is 26.4 Å². The number of rotatable bonds is 11. The molecule has 23 heteroatoms. The van der Waals surface area contributed by atoms with Gasteiger partial charge in [-0.3, -0.25) is 9.59 Å². The highest BCUT2D eigenvalue weighted by molar-refractivity contribution is 6.06. The van der Waals surface area contributed by atoms with E-state index in [-0.39, 0.29) is 28.7 Å². The van der Waals surface area contributed by atoms with Crippen LogP contribution >= 0.6 is 0 Å². The van der Waals surface area contributed by atoms with E-state index in [1.165, 1.54) is 24.3 Å². The summed E-state index contributed by atoms with van der Waals surface area (Å²) in [4.78, 5) is 26.3. The van der Waals surface area contributed by atoms with Crippen molar-refractivity contribution in [3.63, 3.8) is 0 Å². The number of carbonyl (C=O) groups excluding carboxylic acids is 2. The van der Waals surface area contributed by atoms with E-state index in [0.29, 0.717) is 66.7 Å². The van der Waals surface area contributed by atoms with Crippen LogP contribution in [0.15, 0.2) is 121 Å². The number of alkyl halides is 12. The average molecular weight is 969 g/mol. The van der Waals surface area contributed by atoms with E-state index in [1.807, 2.05) is 0 Å². The number of anilines is 4. The molecule has 6 rings (SSSR count). The van der Waals surface area contributed by atoms with E-state index in [4.69, 9.17) is 10.5 Å². The molecule has 0 heterocycles. The molecule has 68 heavy (non-hydrogen) atoms. The molecule has 0 fully saturated rings. The van der Waals surface area contributed by atoms with Crippen molar-refractivity contribution in [1.82, 2.24) is 0 Å². The van der Waals surface area contributed by atoms with Crippen LogP contribution in [0.5, 0.6) is 34.5 Å². The molecule has 0 spiro atoms. The molecule has 0 saturated heterocycles. The molecule has 0 aliphatic heterocycles. The first-order valence-corrected chi connectivity index (χ1v) is 19.1. The summed E-state index contributed by atoms with van der Waals surface area (Å²) in [6, 6.07) is 14.4. The van der Waals surface area contributed by atoms with E-state index in [1.54, 1.807) is 0 Å². The SMILES string of the molecule is CNc1cc(C(c2ccc(O)c(NC(=O)c3ccc(Oc4ccc(C(=O)Nc5cc(C(c6ccc(O)c(N)c6)(C(F)(F)F)C(F)(F)F)ccc5O)cc4)cc3)c2)(C(F)(F)F)C(F)(F)F)ccc1O.